The minimum Gasteiger partial charge on any atom is -0.497 e. The fourth-order valence-corrected chi connectivity index (χ4v) is 3.71. The molecule has 1 aromatic rings. The van der Waals surface area contributed by atoms with Crippen LogP contribution in [0.25, 0.3) is 0 Å². The smallest absolute Gasteiger partial charge is 0.120 e. The maximum Gasteiger partial charge on any atom is 0.120 e. The lowest BCUT2D eigenvalue weighted by Gasteiger charge is -2.23. The van der Waals surface area contributed by atoms with Crippen molar-refractivity contribution in [3.63, 3.8) is 0 Å². The quantitative estimate of drug-likeness (QED) is 0.861. The zero-order valence-corrected chi connectivity index (χ0v) is 12.1. The molecular weight excluding hydrogens is 256 g/mol. The Kier molecular flexibility index (Phi) is 3.35. The minimum atomic E-state index is 0.467. The monoisotopic (exact) mass is 276 g/mol. The summed E-state index contributed by atoms with van der Waals surface area (Å²) >= 11 is 5.18. The third-order valence-corrected chi connectivity index (χ3v) is 4.76. The van der Waals surface area contributed by atoms with Crippen LogP contribution in [0.15, 0.2) is 18.2 Å². The summed E-state index contributed by atoms with van der Waals surface area (Å²) in [6.07, 6.45) is 4.13. The lowest BCUT2D eigenvalue weighted by Crippen LogP contribution is -2.24. The first kappa shape index (κ1) is 12.7. The molecule has 1 saturated carbocycles. The Labute approximate surface area is 119 Å². The third-order valence-electron chi connectivity index (χ3n) is 4.54. The molecule has 3 nitrogen and oxygen atoms in total. The molecule has 1 aromatic carbocycles. The molecule has 1 aliphatic heterocycles. The van der Waals surface area contributed by atoms with Crippen LogP contribution >= 0.6 is 12.2 Å². The van der Waals surface area contributed by atoms with Gasteiger partial charge in [0.2, 0.25) is 0 Å². The van der Waals surface area contributed by atoms with Gasteiger partial charge in [-0.2, -0.15) is 0 Å². The van der Waals surface area contributed by atoms with Gasteiger partial charge in [0, 0.05) is 24.7 Å². The van der Waals surface area contributed by atoms with Gasteiger partial charge in [-0.15, -0.1) is 0 Å². The lowest BCUT2D eigenvalue weighted by atomic mass is 10.0. The average Bonchev–Trinajstić information content (AvgIpc) is 2.98. The molecule has 0 aromatic heterocycles. The van der Waals surface area contributed by atoms with Gasteiger partial charge in [-0.05, 0) is 36.8 Å². The van der Waals surface area contributed by atoms with Gasteiger partial charge in [-0.3, -0.25) is 0 Å². The summed E-state index contributed by atoms with van der Waals surface area (Å²) in [5, 5.41) is 0. The summed E-state index contributed by atoms with van der Waals surface area (Å²) in [6.45, 7) is 2.26. The summed E-state index contributed by atoms with van der Waals surface area (Å²) in [6, 6.07) is 5.97. The van der Waals surface area contributed by atoms with E-state index in [2.05, 4.69) is 11.0 Å². The first-order chi connectivity index (χ1) is 9.19. The molecule has 2 atom stereocenters. The molecule has 2 N–H and O–H groups in total. The van der Waals surface area contributed by atoms with Crippen molar-refractivity contribution >= 4 is 22.9 Å². The van der Waals surface area contributed by atoms with E-state index in [9.17, 15) is 0 Å². The van der Waals surface area contributed by atoms with Crippen LogP contribution in [0.3, 0.4) is 0 Å². The molecule has 1 aliphatic carbocycles. The highest BCUT2D eigenvalue weighted by molar-refractivity contribution is 7.80. The van der Waals surface area contributed by atoms with Crippen molar-refractivity contribution in [2.75, 3.05) is 25.1 Å². The molecule has 0 spiro atoms. The van der Waals surface area contributed by atoms with Gasteiger partial charge < -0.3 is 15.4 Å². The Morgan fingerprint density at radius 1 is 1.32 bits per heavy atom. The van der Waals surface area contributed by atoms with Crippen molar-refractivity contribution in [3.8, 4) is 5.75 Å². The number of thiocarbonyl (C=S) groups is 1. The number of fused-ring (bicyclic) bond motifs is 1. The van der Waals surface area contributed by atoms with Crippen molar-refractivity contribution in [1.29, 1.82) is 0 Å². The van der Waals surface area contributed by atoms with Crippen molar-refractivity contribution in [2.24, 2.45) is 17.6 Å². The zero-order valence-electron chi connectivity index (χ0n) is 11.3. The van der Waals surface area contributed by atoms with Gasteiger partial charge in [0.1, 0.15) is 10.7 Å². The van der Waals surface area contributed by atoms with E-state index in [1.165, 1.54) is 19.3 Å². The van der Waals surface area contributed by atoms with Crippen molar-refractivity contribution in [2.45, 2.75) is 19.3 Å². The van der Waals surface area contributed by atoms with Crippen LogP contribution in [-0.2, 0) is 0 Å². The number of anilines is 1. The molecule has 2 unspecified atom stereocenters. The Morgan fingerprint density at radius 3 is 2.58 bits per heavy atom. The van der Waals surface area contributed by atoms with Crippen LogP contribution in [0.4, 0.5) is 5.69 Å². The molecule has 1 saturated heterocycles. The summed E-state index contributed by atoms with van der Waals surface area (Å²) in [4.78, 5) is 2.90. The normalized spacial score (nSPS) is 25.4. The predicted octanol–water partition coefficient (Wildman–Crippen LogP) is 2.57. The number of methoxy groups -OCH3 is 1. The number of nitrogens with zero attached hydrogens (tertiary/aromatic N) is 1. The SMILES string of the molecule is COc1ccc(C(N)=S)c(N2CC3CCCC3C2)c1. The second-order valence-corrected chi connectivity index (χ2v) is 6.04. The number of ether oxygens (including phenoxy) is 1. The van der Waals surface area contributed by atoms with Gasteiger partial charge in [-0.25, -0.2) is 0 Å². The molecule has 102 valence electrons. The van der Waals surface area contributed by atoms with Gasteiger partial charge in [0.25, 0.3) is 0 Å². The topological polar surface area (TPSA) is 38.5 Å². The predicted molar refractivity (Wildman–Crippen MR) is 81.9 cm³/mol. The van der Waals surface area contributed by atoms with E-state index in [1.807, 2.05) is 12.1 Å². The zero-order chi connectivity index (χ0) is 13.4. The van der Waals surface area contributed by atoms with Crippen LogP contribution in [-0.4, -0.2) is 25.2 Å². The van der Waals surface area contributed by atoms with E-state index in [0.29, 0.717) is 4.99 Å². The number of hydrogen-bond donors (Lipinski definition) is 1. The highest BCUT2D eigenvalue weighted by atomic mass is 32.1. The van der Waals surface area contributed by atoms with Gasteiger partial charge in [0.15, 0.2) is 0 Å². The molecule has 4 heteroatoms. The first-order valence-electron chi connectivity index (χ1n) is 6.92. The molecule has 19 heavy (non-hydrogen) atoms. The molecule has 0 amide bonds. The molecule has 2 aliphatic rings. The Bertz CT molecular complexity index is 491. The number of rotatable bonds is 3. The average molecular weight is 276 g/mol. The van der Waals surface area contributed by atoms with Crippen molar-refractivity contribution in [3.05, 3.63) is 23.8 Å². The third kappa shape index (κ3) is 2.29. The summed E-state index contributed by atoms with van der Waals surface area (Å²) in [5.41, 5.74) is 7.96. The molecule has 0 bridgehead atoms. The first-order valence-corrected chi connectivity index (χ1v) is 7.32. The minimum absolute atomic E-state index is 0.467. The highest BCUT2D eigenvalue weighted by Gasteiger charge is 2.36. The van der Waals surface area contributed by atoms with Crippen LogP contribution in [0.1, 0.15) is 24.8 Å². The standard InChI is InChI=1S/C15H20N2OS/c1-18-12-5-6-13(15(16)19)14(7-12)17-8-10-3-2-4-11(10)9-17/h5-7,10-11H,2-4,8-9H2,1H3,(H2,16,19). The number of hydrogen-bond acceptors (Lipinski definition) is 3. The lowest BCUT2D eigenvalue weighted by molar-refractivity contribution is 0.415. The van der Waals surface area contributed by atoms with E-state index in [1.54, 1.807) is 7.11 Å². The van der Waals surface area contributed by atoms with E-state index < -0.39 is 0 Å². The van der Waals surface area contributed by atoms with Crippen LogP contribution in [0.2, 0.25) is 0 Å². The highest BCUT2D eigenvalue weighted by Crippen LogP contribution is 2.41. The Morgan fingerprint density at radius 2 is 2.00 bits per heavy atom. The number of benzene rings is 1. The summed E-state index contributed by atoms with van der Waals surface area (Å²) < 4.78 is 5.33. The van der Waals surface area contributed by atoms with Gasteiger partial charge in [0.05, 0.1) is 12.8 Å². The fourth-order valence-electron chi connectivity index (χ4n) is 3.54. The molecule has 1 heterocycles. The number of nitrogens with two attached hydrogens (primary N) is 1. The Balaban J connectivity index is 1.92. The van der Waals surface area contributed by atoms with Crippen LogP contribution in [0, 0.1) is 11.8 Å². The fraction of sp³-hybridized carbons (Fsp3) is 0.533. The van der Waals surface area contributed by atoms with E-state index in [4.69, 9.17) is 22.7 Å². The van der Waals surface area contributed by atoms with Crippen molar-refractivity contribution < 1.29 is 4.74 Å². The van der Waals surface area contributed by atoms with E-state index in [0.717, 1.165) is 41.9 Å². The maximum atomic E-state index is 5.85. The van der Waals surface area contributed by atoms with E-state index in [-0.39, 0.29) is 0 Å². The van der Waals surface area contributed by atoms with Crippen LogP contribution in [0.5, 0.6) is 5.75 Å². The molecular formula is C15H20N2OS. The van der Waals surface area contributed by atoms with Gasteiger partial charge >= 0.3 is 0 Å². The second kappa shape index (κ2) is 5.00. The van der Waals surface area contributed by atoms with Gasteiger partial charge in [-0.1, -0.05) is 18.6 Å². The molecule has 2 fully saturated rings. The largest absolute Gasteiger partial charge is 0.497 e. The molecule has 0 radical (unpaired) electrons. The summed E-state index contributed by atoms with van der Waals surface area (Å²) in [7, 11) is 1.69. The maximum absolute atomic E-state index is 5.85. The molecule has 3 rings (SSSR count). The Hall–Kier alpha value is -1.29. The van der Waals surface area contributed by atoms with E-state index >= 15 is 0 Å². The summed E-state index contributed by atoms with van der Waals surface area (Å²) in [5.74, 6) is 2.57. The second-order valence-electron chi connectivity index (χ2n) is 5.60. The van der Waals surface area contributed by atoms with Crippen LogP contribution < -0.4 is 15.4 Å². The van der Waals surface area contributed by atoms with Crippen molar-refractivity contribution in [1.82, 2.24) is 0 Å².